The van der Waals surface area contributed by atoms with E-state index in [-0.39, 0.29) is 24.4 Å². The molecule has 0 aromatic heterocycles. The van der Waals surface area contributed by atoms with Gasteiger partial charge < -0.3 is 21.1 Å². The third-order valence-corrected chi connectivity index (χ3v) is 4.14. The fourth-order valence-electron chi connectivity index (χ4n) is 2.76. The quantitative estimate of drug-likeness (QED) is 0.662. The zero-order valence-electron chi connectivity index (χ0n) is 14.7. The van der Waals surface area contributed by atoms with Gasteiger partial charge in [0.1, 0.15) is 18.7 Å². The fourth-order valence-corrected chi connectivity index (χ4v) is 2.76. The number of benzene rings is 1. The van der Waals surface area contributed by atoms with Crippen molar-refractivity contribution < 1.29 is 19.1 Å². The van der Waals surface area contributed by atoms with E-state index in [1.54, 1.807) is 31.2 Å². The van der Waals surface area contributed by atoms with Crippen LogP contribution >= 0.6 is 0 Å². The number of ketones is 1. The van der Waals surface area contributed by atoms with Gasteiger partial charge in [0.25, 0.3) is 5.91 Å². The summed E-state index contributed by atoms with van der Waals surface area (Å²) >= 11 is 0. The van der Waals surface area contributed by atoms with Gasteiger partial charge in [-0.3, -0.25) is 14.4 Å². The van der Waals surface area contributed by atoms with Crippen molar-refractivity contribution in [1.29, 1.82) is 0 Å². The Morgan fingerprint density at radius 3 is 2.56 bits per heavy atom. The van der Waals surface area contributed by atoms with Crippen LogP contribution in [0.15, 0.2) is 24.3 Å². The molecule has 136 valence electrons. The standard InChI is InChI=1S/C18H25N3O4/c1-10(2)8-14(18(24)21-16-11(3)25-9-15(16)22)20-17(23)12-6-4-5-7-13(12)19/h4-7,10-11,14,16H,8-9,19H2,1-3H3,(H,20,23)(H,21,24)/t11-,14?,16+/m1/s1. The van der Waals surface area contributed by atoms with Gasteiger partial charge >= 0.3 is 0 Å². The van der Waals surface area contributed by atoms with Crippen LogP contribution < -0.4 is 16.4 Å². The highest BCUT2D eigenvalue weighted by Crippen LogP contribution is 2.14. The number of carbonyl (C=O) groups excluding carboxylic acids is 3. The van der Waals surface area contributed by atoms with Crippen LogP contribution in [0.25, 0.3) is 0 Å². The first-order valence-electron chi connectivity index (χ1n) is 8.39. The normalized spacial score (nSPS) is 21.2. The van der Waals surface area contributed by atoms with Crippen LogP contribution in [-0.4, -0.2) is 42.4 Å². The topological polar surface area (TPSA) is 111 Å². The molecule has 0 saturated carbocycles. The summed E-state index contributed by atoms with van der Waals surface area (Å²) in [5.74, 6) is -0.798. The Kier molecular flexibility index (Phi) is 6.14. The second-order valence-electron chi connectivity index (χ2n) is 6.71. The molecule has 0 aliphatic carbocycles. The molecule has 1 aromatic rings. The van der Waals surface area contributed by atoms with E-state index in [0.29, 0.717) is 17.7 Å². The van der Waals surface area contributed by atoms with Crippen LogP contribution in [0, 0.1) is 5.92 Å². The van der Waals surface area contributed by atoms with E-state index < -0.39 is 23.9 Å². The first-order valence-corrected chi connectivity index (χ1v) is 8.39. The summed E-state index contributed by atoms with van der Waals surface area (Å²) in [5.41, 5.74) is 6.48. The van der Waals surface area contributed by atoms with Gasteiger partial charge in [-0.2, -0.15) is 0 Å². The average Bonchev–Trinajstić information content (AvgIpc) is 2.86. The number of hydrogen-bond acceptors (Lipinski definition) is 5. The number of carbonyl (C=O) groups is 3. The largest absolute Gasteiger partial charge is 0.398 e. The molecular weight excluding hydrogens is 322 g/mol. The lowest BCUT2D eigenvalue weighted by Crippen LogP contribution is -2.53. The number of ether oxygens (including phenoxy) is 1. The molecule has 7 heteroatoms. The molecular formula is C18H25N3O4. The molecule has 2 amide bonds. The van der Waals surface area contributed by atoms with Crippen molar-refractivity contribution in [3.63, 3.8) is 0 Å². The van der Waals surface area contributed by atoms with Crippen molar-refractivity contribution in [2.75, 3.05) is 12.3 Å². The number of nitrogen functional groups attached to an aromatic ring is 1. The first-order chi connectivity index (χ1) is 11.8. The number of para-hydroxylation sites is 1. The summed E-state index contributed by atoms with van der Waals surface area (Å²) in [6, 6.07) is 5.23. The minimum Gasteiger partial charge on any atom is -0.398 e. The van der Waals surface area contributed by atoms with Gasteiger partial charge in [-0.1, -0.05) is 26.0 Å². The van der Waals surface area contributed by atoms with Gasteiger partial charge in [-0.25, -0.2) is 0 Å². The maximum atomic E-state index is 12.6. The van der Waals surface area contributed by atoms with Gasteiger partial charge in [-0.15, -0.1) is 0 Å². The van der Waals surface area contributed by atoms with Crippen LogP contribution in [-0.2, 0) is 14.3 Å². The highest BCUT2D eigenvalue weighted by atomic mass is 16.5. The third-order valence-electron chi connectivity index (χ3n) is 4.14. The zero-order valence-corrected chi connectivity index (χ0v) is 14.7. The summed E-state index contributed by atoms with van der Waals surface area (Å²) in [5, 5.41) is 5.42. The van der Waals surface area contributed by atoms with Crippen LogP contribution in [0.1, 0.15) is 37.6 Å². The van der Waals surface area contributed by atoms with Crippen LogP contribution in [0.2, 0.25) is 0 Å². The molecule has 0 spiro atoms. The van der Waals surface area contributed by atoms with E-state index in [2.05, 4.69) is 10.6 Å². The van der Waals surface area contributed by atoms with Gasteiger partial charge in [0.15, 0.2) is 5.78 Å². The van der Waals surface area contributed by atoms with Crippen molar-refractivity contribution in [3.05, 3.63) is 29.8 Å². The number of nitrogens with two attached hydrogens (primary N) is 1. The second-order valence-corrected chi connectivity index (χ2v) is 6.71. The molecule has 0 bridgehead atoms. The number of Topliss-reactive ketones (excluding diaryl/α,β-unsaturated/α-hetero) is 1. The summed E-state index contributed by atoms with van der Waals surface area (Å²) in [7, 11) is 0. The molecule has 4 N–H and O–H groups in total. The predicted octanol–water partition coefficient (Wildman–Crippen LogP) is 0.886. The molecule has 1 aromatic carbocycles. The van der Waals surface area contributed by atoms with Gasteiger partial charge in [-0.05, 0) is 31.4 Å². The number of hydrogen-bond donors (Lipinski definition) is 3. The van der Waals surface area contributed by atoms with E-state index in [0.717, 1.165) is 0 Å². The first kappa shape index (κ1) is 18.9. The Bertz CT molecular complexity index is 659. The Labute approximate surface area is 147 Å². The minimum absolute atomic E-state index is 0.00608. The molecule has 1 fully saturated rings. The van der Waals surface area contributed by atoms with Crippen molar-refractivity contribution in [2.24, 2.45) is 5.92 Å². The van der Waals surface area contributed by atoms with E-state index in [1.807, 2.05) is 13.8 Å². The minimum atomic E-state index is -0.757. The molecule has 3 atom stereocenters. The fraction of sp³-hybridized carbons (Fsp3) is 0.500. The number of nitrogens with one attached hydrogen (secondary N) is 2. The number of amides is 2. The van der Waals surface area contributed by atoms with Crippen LogP contribution in [0.5, 0.6) is 0 Å². The molecule has 2 rings (SSSR count). The molecule has 0 radical (unpaired) electrons. The monoisotopic (exact) mass is 347 g/mol. The van der Waals surface area contributed by atoms with Crippen molar-refractivity contribution in [3.8, 4) is 0 Å². The molecule has 1 aliphatic rings. The van der Waals surface area contributed by atoms with Gasteiger partial charge in [0.05, 0.1) is 11.7 Å². The molecule has 1 saturated heterocycles. The molecule has 25 heavy (non-hydrogen) atoms. The molecule has 1 unspecified atom stereocenters. The maximum Gasteiger partial charge on any atom is 0.254 e. The van der Waals surface area contributed by atoms with Crippen molar-refractivity contribution in [1.82, 2.24) is 10.6 Å². The van der Waals surface area contributed by atoms with Crippen LogP contribution in [0.3, 0.4) is 0 Å². The molecule has 1 heterocycles. The SMILES string of the molecule is CC(C)CC(NC(=O)c1ccccc1N)C(=O)N[C@@H]1C(=O)CO[C@@H]1C. The summed E-state index contributed by atoms with van der Waals surface area (Å²) in [4.78, 5) is 36.9. The zero-order chi connectivity index (χ0) is 18.6. The van der Waals surface area contributed by atoms with E-state index in [1.165, 1.54) is 0 Å². The summed E-state index contributed by atoms with van der Waals surface area (Å²) in [6.07, 6.45) is 0.0668. The van der Waals surface area contributed by atoms with Crippen molar-refractivity contribution in [2.45, 2.75) is 45.4 Å². The molecule has 1 aliphatic heterocycles. The Morgan fingerprint density at radius 1 is 1.32 bits per heavy atom. The van der Waals surface area contributed by atoms with E-state index >= 15 is 0 Å². The highest BCUT2D eigenvalue weighted by molar-refractivity contribution is 6.02. The smallest absolute Gasteiger partial charge is 0.254 e. The van der Waals surface area contributed by atoms with Crippen LogP contribution in [0.4, 0.5) is 5.69 Å². The Morgan fingerprint density at radius 2 is 2.00 bits per heavy atom. The highest BCUT2D eigenvalue weighted by Gasteiger charge is 2.35. The lowest BCUT2D eigenvalue weighted by molar-refractivity contribution is -0.127. The summed E-state index contributed by atoms with van der Waals surface area (Å²) in [6.45, 7) is 5.63. The van der Waals surface area contributed by atoms with Gasteiger partial charge in [0.2, 0.25) is 5.91 Å². The number of anilines is 1. The van der Waals surface area contributed by atoms with Gasteiger partial charge in [0, 0.05) is 5.69 Å². The van der Waals surface area contributed by atoms with E-state index in [4.69, 9.17) is 10.5 Å². The lowest BCUT2D eigenvalue weighted by Gasteiger charge is -2.23. The predicted molar refractivity (Wildman–Crippen MR) is 93.9 cm³/mol. The Hall–Kier alpha value is -2.41. The molecule has 7 nitrogen and oxygen atoms in total. The average molecular weight is 347 g/mol. The lowest BCUT2D eigenvalue weighted by atomic mass is 10.0. The second kappa shape index (κ2) is 8.11. The Balaban J connectivity index is 2.10. The maximum absolute atomic E-state index is 12.6. The number of rotatable bonds is 6. The van der Waals surface area contributed by atoms with E-state index in [9.17, 15) is 14.4 Å². The summed E-state index contributed by atoms with van der Waals surface area (Å²) < 4.78 is 5.24. The third kappa shape index (κ3) is 4.79. The van der Waals surface area contributed by atoms with Crippen molar-refractivity contribution >= 4 is 23.3 Å².